The molecule has 3 N–H and O–H groups in total. The summed E-state index contributed by atoms with van der Waals surface area (Å²) < 4.78 is 0. The molecule has 0 fully saturated rings. The van der Waals surface area contributed by atoms with Gasteiger partial charge in [-0.15, -0.1) is 11.3 Å². The highest BCUT2D eigenvalue weighted by molar-refractivity contribution is 7.12. The zero-order chi connectivity index (χ0) is 13.7. The van der Waals surface area contributed by atoms with Crippen molar-refractivity contribution in [3.8, 4) is 0 Å². The Morgan fingerprint density at radius 3 is 2.61 bits per heavy atom. The van der Waals surface area contributed by atoms with Gasteiger partial charge in [0.15, 0.2) is 0 Å². The summed E-state index contributed by atoms with van der Waals surface area (Å²) in [6, 6.07) is 2.24. The zero-order valence-corrected chi connectivity index (χ0v) is 12.6. The van der Waals surface area contributed by atoms with E-state index in [2.05, 4.69) is 32.2 Å². The minimum absolute atomic E-state index is 0.0812. The summed E-state index contributed by atoms with van der Waals surface area (Å²) in [6.45, 7) is 8.88. The van der Waals surface area contributed by atoms with Gasteiger partial charge in [0.05, 0.1) is 6.04 Å². The van der Waals surface area contributed by atoms with Crippen molar-refractivity contribution in [2.45, 2.75) is 46.6 Å². The fourth-order valence-corrected chi connectivity index (χ4v) is 3.14. The number of carbonyl (C=O) groups is 1. The topological polar surface area (TPSA) is 55.1 Å². The molecule has 3 nitrogen and oxygen atoms in total. The number of rotatable bonds is 6. The Balaban J connectivity index is 2.57. The SMILES string of the molecule is CCC(CN)CC(=O)NC(C)c1cc(C)sc1C. The molecule has 1 heterocycles. The molecule has 2 atom stereocenters. The molecule has 1 aromatic heterocycles. The highest BCUT2D eigenvalue weighted by atomic mass is 32.1. The van der Waals surface area contributed by atoms with Crippen LogP contribution in [0.15, 0.2) is 6.07 Å². The summed E-state index contributed by atoms with van der Waals surface area (Å²) in [7, 11) is 0. The van der Waals surface area contributed by atoms with E-state index in [9.17, 15) is 4.79 Å². The fourth-order valence-electron chi connectivity index (χ4n) is 2.12. The number of hydrogen-bond acceptors (Lipinski definition) is 3. The van der Waals surface area contributed by atoms with Crippen molar-refractivity contribution in [3.63, 3.8) is 0 Å². The molecule has 0 aliphatic rings. The number of hydrogen-bond donors (Lipinski definition) is 2. The Morgan fingerprint density at radius 2 is 2.17 bits per heavy atom. The van der Waals surface area contributed by atoms with Gasteiger partial charge in [0, 0.05) is 16.2 Å². The molecule has 0 aromatic carbocycles. The van der Waals surface area contributed by atoms with Crippen LogP contribution in [0.25, 0.3) is 0 Å². The van der Waals surface area contributed by atoms with Crippen molar-refractivity contribution in [2.75, 3.05) is 6.54 Å². The Hall–Kier alpha value is -0.870. The van der Waals surface area contributed by atoms with E-state index in [1.807, 2.05) is 6.92 Å². The lowest BCUT2D eigenvalue weighted by Crippen LogP contribution is -2.30. The van der Waals surface area contributed by atoms with Crippen molar-refractivity contribution >= 4 is 17.2 Å². The predicted octanol–water partition coefficient (Wildman–Crippen LogP) is 2.92. The minimum atomic E-state index is 0.0812. The van der Waals surface area contributed by atoms with Crippen molar-refractivity contribution in [1.29, 1.82) is 0 Å². The second-order valence-corrected chi connectivity index (χ2v) is 6.33. The van der Waals surface area contributed by atoms with Crippen molar-refractivity contribution in [1.82, 2.24) is 5.32 Å². The third kappa shape index (κ3) is 4.10. The van der Waals surface area contributed by atoms with Crippen LogP contribution in [-0.4, -0.2) is 12.5 Å². The second kappa shape index (κ2) is 6.90. The molecule has 0 saturated heterocycles. The van der Waals surface area contributed by atoms with Gasteiger partial charge in [-0.3, -0.25) is 4.79 Å². The molecule has 0 aliphatic carbocycles. The van der Waals surface area contributed by atoms with E-state index in [0.29, 0.717) is 18.9 Å². The highest BCUT2D eigenvalue weighted by Crippen LogP contribution is 2.26. The highest BCUT2D eigenvalue weighted by Gasteiger charge is 2.16. The Kier molecular flexibility index (Phi) is 5.82. The molecule has 1 aromatic rings. The van der Waals surface area contributed by atoms with Crippen LogP contribution in [-0.2, 0) is 4.79 Å². The van der Waals surface area contributed by atoms with Crippen LogP contribution in [0.1, 0.15) is 48.0 Å². The lowest BCUT2D eigenvalue weighted by atomic mass is 10.0. The van der Waals surface area contributed by atoms with Gasteiger partial charge in [0.2, 0.25) is 5.91 Å². The maximum absolute atomic E-state index is 11.9. The Labute approximate surface area is 114 Å². The van der Waals surface area contributed by atoms with E-state index in [0.717, 1.165) is 6.42 Å². The van der Waals surface area contributed by atoms with Crippen molar-refractivity contribution < 1.29 is 4.79 Å². The van der Waals surface area contributed by atoms with Gasteiger partial charge in [0.1, 0.15) is 0 Å². The van der Waals surface area contributed by atoms with Crippen LogP contribution >= 0.6 is 11.3 Å². The van der Waals surface area contributed by atoms with E-state index in [4.69, 9.17) is 5.73 Å². The van der Waals surface area contributed by atoms with Crippen LogP contribution in [0, 0.1) is 19.8 Å². The summed E-state index contributed by atoms with van der Waals surface area (Å²) in [5.41, 5.74) is 6.85. The lowest BCUT2D eigenvalue weighted by molar-refractivity contribution is -0.122. The molecule has 1 rings (SSSR count). The molecule has 102 valence electrons. The van der Waals surface area contributed by atoms with Gasteiger partial charge in [-0.1, -0.05) is 13.3 Å². The summed E-state index contributed by atoms with van der Waals surface area (Å²) in [6.07, 6.45) is 1.48. The normalized spacial score (nSPS) is 14.3. The summed E-state index contributed by atoms with van der Waals surface area (Å²) in [5.74, 6) is 0.394. The third-order valence-electron chi connectivity index (χ3n) is 3.31. The quantitative estimate of drug-likeness (QED) is 0.833. The van der Waals surface area contributed by atoms with Crippen molar-refractivity contribution in [3.05, 3.63) is 21.4 Å². The van der Waals surface area contributed by atoms with E-state index < -0.39 is 0 Å². The smallest absolute Gasteiger partial charge is 0.220 e. The molecular weight excluding hydrogens is 244 g/mol. The Morgan fingerprint density at radius 1 is 1.50 bits per heavy atom. The molecule has 0 aliphatic heterocycles. The summed E-state index contributed by atoms with van der Waals surface area (Å²) in [4.78, 5) is 14.5. The molecule has 0 radical (unpaired) electrons. The maximum atomic E-state index is 11.9. The average Bonchev–Trinajstić information content (AvgIpc) is 2.65. The standard InChI is InChI=1S/C14H24N2OS/c1-5-12(8-15)7-14(17)16-10(3)13-6-9(2)18-11(13)4/h6,10,12H,5,7-8,15H2,1-4H3,(H,16,17). The summed E-state index contributed by atoms with van der Waals surface area (Å²) in [5, 5.41) is 3.06. The molecule has 2 unspecified atom stereocenters. The molecule has 0 bridgehead atoms. The molecule has 1 amide bonds. The first-order valence-electron chi connectivity index (χ1n) is 6.54. The van der Waals surface area contributed by atoms with Crippen LogP contribution in [0.5, 0.6) is 0 Å². The molecular formula is C14H24N2OS. The van der Waals surface area contributed by atoms with Crippen LogP contribution in [0.4, 0.5) is 0 Å². The van der Waals surface area contributed by atoms with Gasteiger partial charge in [0.25, 0.3) is 0 Å². The number of aryl methyl sites for hydroxylation is 2. The number of amides is 1. The first-order chi connectivity index (χ1) is 8.47. The number of nitrogens with one attached hydrogen (secondary N) is 1. The molecule has 0 saturated carbocycles. The third-order valence-corrected chi connectivity index (χ3v) is 4.29. The number of nitrogens with two attached hydrogens (primary N) is 1. The van der Waals surface area contributed by atoms with E-state index >= 15 is 0 Å². The van der Waals surface area contributed by atoms with E-state index in [-0.39, 0.29) is 11.9 Å². The molecule has 0 spiro atoms. The van der Waals surface area contributed by atoms with Crippen LogP contribution < -0.4 is 11.1 Å². The van der Waals surface area contributed by atoms with Crippen LogP contribution in [0.2, 0.25) is 0 Å². The lowest BCUT2D eigenvalue weighted by Gasteiger charge is -2.17. The average molecular weight is 268 g/mol. The Bertz CT molecular complexity index is 396. The van der Waals surface area contributed by atoms with Crippen molar-refractivity contribution in [2.24, 2.45) is 11.7 Å². The first kappa shape index (κ1) is 15.2. The van der Waals surface area contributed by atoms with E-state index in [1.165, 1.54) is 15.3 Å². The van der Waals surface area contributed by atoms with E-state index in [1.54, 1.807) is 11.3 Å². The minimum Gasteiger partial charge on any atom is -0.350 e. The van der Waals surface area contributed by atoms with Gasteiger partial charge in [-0.05, 0) is 44.9 Å². The predicted molar refractivity (Wildman–Crippen MR) is 77.8 cm³/mol. The zero-order valence-electron chi connectivity index (χ0n) is 11.7. The van der Waals surface area contributed by atoms with Gasteiger partial charge >= 0.3 is 0 Å². The van der Waals surface area contributed by atoms with Gasteiger partial charge in [-0.2, -0.15) is 0 Å². The number of thiophene rings is 1. The fraction of sp³-hybridized carbons (Fsp3) is 0.643. The maximum Gasteiger partial charge on any atom is 0.220 e. The first-order valence-corrected chi connectivity index (χ1v) is 7.35. The number of carbonyl (C=O) groups excluding carboxylic acids is 1. The van der Waals surface area contributed by atoms with Gasteiger partial charge < -0.3 is 11.1 Å². The second-order valence-electron chi connectivity index (χ2n) is 4.87. The van der Waals surface area contributed by atoms with Crippen LogP contribution in [0.3, 0.4) is 0 Å². The monoisotopic (exact) mass is 268 g/mol. The molecule has 4 heteroatoms. The largest absolute Gasteiger partial charge is 0.350 e. The summed E-state index contributed by atoms with van der Waals surface area (Å²) >= 11 is 1.78. The molecule has 18 heavy (non-hydrogen) atoms. The van der Waals surface area contributed by atoms with Gasteiger partial charge in [-0.25, -0.2) is 0 Å².